The van der Waals surface area contributed by atoms with Crippen molar-refractivity contribution in [2.45, 2.75) is 70.7 Å². The van der Waals surface area contributed by atoms with Crippen LogP contribution in [0.25, 0.3) is 0 Å². The van der Waals surface area contributed by atoms with Gasteiger partial charge in [0.1, 0.15) is 18.8 Å². The third-order valence-electron chi connectivity index (χ3n) is 4.28. The monoisotopic (exact) mass is 431 g/mol. The van der Waals surface area contributed by atoms with Crippen LogP contribution >= 0.6 is 0 Å². The van der Waals surface area contributed by atoms with E-state index in [0.717, 1.165) is 20.8 Å². The fourth-order valence-electron chi connectivity index (χ4n) is 3.21. The lowest BCUT2D eigenvalue weighted by Crippen LogP contribution is -2.64. The van der Waals surface area contributed by atoms with E-state index in [2.05, 4.69) is 5.16 Å². The summed E-state index contributed by atoms with van der Waals surface area (Å²) in [5.74, 6) is -2.75. The SMILES string of the molecule is CC(=O)OC[C@H]1O[C@@H](C2=NOC(CO)C2)[C@H](OC(C)=O)[C@@H](OC(C)=O)[C@@H]1OC(C)=O. The highest BCUT2D eigenvalue weighted by molar-refractivity contribution is 5.91. The third kappa shape index (κ3) is 6.13. The number of carbonyl (C=O) groups excluding carboxylic acids is 4. The molecule has 2 rings (SSSR count). The van der Waals surface area contributed by atoms with Crippen molar-refractivity contribution in [2.24, 2.45) is 5.16 Å². The number of aliphatic hydroxyl groups is 1. The van der Waals surface area contributed by atoms with Gasteiger partial charge in [-0.2, -0.15) is 0 Å². The molecule has 2 aliphatic heterocycles. The highest BCUT2D eigenvalue weighted by Gasteiger charge is 2.54. The van der Waals surface area contributed by atoms with Crippen LogP contribution in [0.2, 0.25) is 0 Å². The summed E-state index contributed by atoms with van der Waals surface area (Å²) in [6.07, 6.45) is -6.33. The van der Waals surface area contributed by atoms with Gasteiger partial charge < -0.3 is 33.6 Å². The minimum absolute atomic E-state index is 0.157. The van der Waals surface area contributed by atoms with E-state index in [9.17, 15) is 24.3 Å². The Morgan fingerprint density at radius 2 is 1.50 bits per heavy atom. The Hall–Kier alpha value is -2.73. The summed E-state index contributed by atoms with van der Waals surface area (Å²) >= 11 is 0. The number of hydrogen-bond donors (Lipinski definition) is 1. The van der Waals surface area contributed by atoms with Gasteiger partial charge >= 0.3 is 23.9 Å². The quantitative estimate of drug-likeness (QED) is 0.399. The van der Waals surface area contributed by atoms with Crippen molar-refractivity contribution in [3.63, 3.8) is 0 Å². The molecule has 0 aromatic rings. The zero-order valence-corrected chi connectivity index (χ0v) is 17.1. The van der Waals surface area contributed by atoms with Crippen LogP contribution in [0.15, 0.2) is 5.16 Å². The molecule has 2 aliphatic rings. The predicted molar refractivity (Wildman–Crippen MR) is 96.0 cm³/mol. The lowest BCUT2D eigenvalue weighted by Gasteiger charge is -2.44. The number of aliphatic hydroxyl groups excluding tert-OH is 1. The molecule has 0 aromatic heterocycles. The molecule has 1 fully saturated rings. The molecule has 12 heteroatoms. The van der Waals surface area contributed by atoms with Crippen LogP contribution in [0, 0.1) is 0 Å². The zero-order valence-electron chi connectivity index (χ0n) is 17.1. The Morgan fingerprint density at radius 3 is 2.00 bits per heavy atom. The molecule has 2 heterocycles. The summed E-state index contributed by atoms with van der Waals surface area (Å²) in [5, 5.41) is 13.2. The van der Waals surface area contributed by atoms with Crippen molar-refractivity contribution < 1.29 is 52.8 Å². The van der Waals surface area contributed by atoms with Gasteiger partial charge in [0.2, 0.25) is 0 Å². The Balaban J connectivity index is 2.43. The van der Waals surface area contributed by atoms with Gasteiger partial charge in [0.25, 0.3) is 0 Å². The molecule has 0 amide bonds. The third-order valence-corrected chi connectivity index (χ3v) is 4.28. The van der Waals surface area contributed by atoms with Crippen molar-refractivity contribution in [2.75, 3.05) is 13.2 Å². The van der Waals surface area contributed by atoms with Crippen molar-refractivity contribution in [1.82, 2.24) is 0 Å². The van der Waals surface area contributed by atoms with E-state index in [-0.39, 0.29) is 25.3 Å². The van der Waals surface area contributed by atoms with Gasteiger partial charge in [-0.3, -0.25) is 19.2 Å². The number of esters is 4. The molecular formula is C18H25NO11. The summed E-state index contributed by atoms with van der Waals surface area (Å²) in [5.41, 5.74) is 0.284. The first-order chi connectivity index (χ1) is 14.1. The number of hydrogen-bond acceptors (Lipinski definition) is 12. The number of ether oxygens (including phenoxy) is 5. The molecule has 1 N–H and O–H groups in total. The molecule has 0 radical (unpaired) electrons. The van der Waals surface area contributed by atoms with E-state index >= 15 is 0 Å². The minimum Gasteiger partial charge on any atom is -0.463 e. The Kier molecular flexibility index (Phi) is 8.12. The lowest BCUT2D eigenvalue weighted by atomic mass is 9.90. The standard InChI is InChI=1S/C18H25NO11/c1-8(21)25-7-14-16(26-9(2)22)18(28-11(4)24)17(27-10(3)23)15(29-14)13-5-12(6-20)30-19-13/h12,14-18,20H,5-7H2,1-4H3/t12?,14-,15+,16-,17+,18+/m1/s1. The van der Waals surface area contributed by atoms with Crippen LogP contribution in [0.4, 0.5) is 0 Å². The summed E-state index contributed by atoms with van der Waals surface area (Å²) in [4.78, 5) is 51.6. The summed E-state index contributed by atoms with van der Waals surface area (Å²) < 4.78 is 26.9. The molecule has 30 heavy (non-hydrogen) atoms. The summed E-state index contributed by atoms with van der Waals surface area (Å²) in [6.45, 7) is 3.98. The van der Waals surface area contributed by atoms with Crippen LogP contribution in [0.1, 0.15) is 34.1 Å². The van der Waals surface area contributed by atoms with E-state index in [1.54, 1.807) is 0 Å². The minimum atomic E-state index is -1.27. The van der Waals surface area contributed by atoms with E-state index < -0.39 is 60.5 Å². The first kappa shape index (κ1) is 23.5. The molecule has 0 spiro atoms. The van der Waals surface area contributed by atoms with Gasteiger partial charge in [0.05, 0.1) is 12.3 Å². The van der Waals surface area contributed by atoms with Crippen molar-refractivity contribution in [3.8, 4) is 0 Å². The molecule has 6 atom stereocenters. The first-order valence-electron chi connectivity index (χ1n) is 9.26. The second-order valence-electron chi connectivity index (χ2n) is 6.82. The predicted octanol–water partition coefficient (Wildman–Crippen LogP) is -0.751. The second kappa shape index (κ2) is 10.3. The molecule has 0 saturated carbocycles. The number of rotatable bonds is 7. The maximum atomic E-state index is 11.8. The maximum absolute atomic E-state index is 11.8. The molecular weight excluding hydrogens is 406 g/mol. The number of nitrogens with zero attached hydrogens (tertiary/aromatic N) is 1. The van der Waals surface area contributed by atoms with Crippen LogP contribution in [0.5, 0.6) is 0 Å². The fourth-order valence-corrected chi connectivity index (χ4v) is 3.21. The molecule has 1 unspecified atom stereocenters. The van der Waals surface area contributed by atoms with E-state index in [1.165, 1.54) is 6.92 Å². The van der Waals surface area contributed by atoms with Crippen LogP contribution in [-0.4, -0.2) is 84.5 Å². The normalized spacial score (nSPS) is 30.5. The second-order valence-corrected chi connectivity index (χ2v) is 6.82. The molecule has 0 aromatic carbocycles. The highest BCUT2D eigenvalue weighted by atomic mass is 16.7. The largest absolute Gasteiger partial charge is 0.463 e. The van der Waals surface area contributed by atoms with Crippen molar-refractivity contribution in [3.05, 3.63) is 0 Å². The Bertz CT molecular complexity index is 706. The maximum Gasteiger partial charge on any atom is 0.303 e. The van der Waals surface area contributed by atoms with E-state index in [1.807, 2.05) is 0 Å². The summed E-state index contributed by atoms with van der Waals surface area (Å²) in [7, 11) is 0. The topological polar surface area (TPSA) is 156 Å². The average molecular weight is 431 g/mol. The first-order valence-corrected chi connectivity index (χ1v) is 9.26. The van der Waals surface area contributed by atoms with E-state index in [4.69, 9.17) is 28.5 Å². The summed E-state index contributed by atoms with van der Waals surface area (Å²) in [6, 6.07) is 0. The molecule has 0 bridgehead atoms. The molecule has 12 nitrogen and oxygen atoms in total. The van der Waals surface area contributed by atoms with Gasteiger partial charge in [0, 0.05) is 34.1 Å². The van der Waals surface area contributed by atoms with Crippen LogP contribution in [-0.2, 0) is 47.7 Å². The van der Waals surface area contributed by atoms with Gasteiger partial charge in [0.15, 0.2) is 24.4 Å². The zero-order chi connectivity index (χ0) is 22.4. The van der Waals surface area contributed by atoms with Gasteiger partial charge in [-0.25, -0.2) is 0 Å². The van der Waals surface area contributed by atoms with Gasteiger partial charge in [-0.15, -0.1) is 0 Å². The molecule has 1 saturated heterocycles. The number of carbonyl (C=O) groups is 4. The van der Waals surface area contributed by atoms with Crippen molar-refractivity contribution >= 4 is 29.6 Å². The highest BCUT2D eigenvalue weighted by Crippen LogP contribution is 2.32. The number of oxime groups is 1. The van der Waals surface area contributed by atoms with Crippen LogP contribution in [0.3, 0.4) is 0 Å². The van der Waals surface area contributed by atoms with Gasteiger partial charge in [-0.05, 0) is 0 Å². The smallest absolute Gasteiger partial charge is 0.303 e. The molecule has 168 valence electrons. The molecule has 0 aliphatic carbocycles. The Morgan fingerprint density at radius 1 is 0.933 bits per heavy atom. The van der Waals surface area contributed by atoms with Gasteiger partial charge in [-0.1, -0.05) is 5.16 Å². The Labute approximate surface area is 172 Å². The van der Waals surface area contributed by atoms with Crippen LogP contribution < -0.4 is 0 Å². The van der Waals surface area contributed by atoms with Crippen molar-refractivity contribution in [1.29, 1.82) is 0 Å². The van der Waals surface area contributed by atoms with E-state index in [0.29, 0.717) is 0 Å². The average Bonchev–Trinajstić information content (AvgIpc) is 3.11. The lowest BCUT2D eigenvalue weighted by molar-refractivity contribution is -0.241. The fraction of sp³-hybridized carbons (Fsp3) is 0.722.